The lowest BCUT2D eigenvalue weighted by atomic mass is 9.93. The van der Waals surface area contributed by atoms with Crippen LogP contribution in [0, 0.1) is 5.92 Å². The van der Waals surface area contributed by atoms with Gasteiger partial charge in [0, 0.05) is 34.7 Å². The van der Waals surface area contributed by atoms with Crippen LogP contribution in [-0.2, 0) is 20.6 Å². The van der Waals surface area contributed by atoms with Crippen molar-refractivity contribution in [3.63, 3.8) is 0 Å². The van der Waals surface area contributed by atoms with Gasteiger partial charge in [-0.15, -0.1) is 0 Å². The smallest absolute Gasteiger partial charge is 0.224 e. The highest BCUT2D eigenvalue weighted by Gasteiger charge is 2.33. The fourth-order valence-electron chi connectivity index (χ4n) is 3.92. The van der Waals surface area contributed by atoms with Gasteiger partial charge in [-0.3, -0.25) is 4.79 Å². The molecular weight excluding hydrogens is 407 g/mol. The van der Waals surface area contributed by atoms with Crippen molar-refractivity contribution in [2.45, 2.75) is 56.7 Å². The number of halogens is 2. The molecule has 0 radical (unpaired) electrons. The van der Waals surface area contributed by atoms with Crippen LogP contribution < -0.4 is 5.32 Å². The number of amides is 1. The number of carbonyl (C=O) groups excluding carboxylic acids is 1. The van der Waals surface area contributed by atoms with E-state index in [4.69, 9.17) is 23.2 Å². The molecule has 3 rings (SSSR count). The molecule has 2 aliphatic rings. The zero-order valence-corrected chi connectivity index (χ0v) is 17.6. The van der Waals surface area contributed by atoms with Crippen molar-refractivity contribution in [3.8, 4) is 0 Å². The quantitative estimate of drug-likeness (QED) is 0.764. The van der Waals surface area contributed by atoms with Crippen LogP contribution in [0.1, 0.15) is 50.5 Å². The van der Waals surface area contributed by atoms with E-state index in [0.717, 1.165) is 32.1 Å². The molecule has 0 spiro atoms. The van der Waals surface area contributed by atoms with Crippen LogP contribution in [0.4, 0.5) is 0 Å². The Bertz CT molecular complexity index is 759. The van der Waals surface area contributed by atoms with E-state index in [1.807, 2.05) is 0 Å². The number of hydrogen-bond acceptors (Lipinski definition) is 3. The molecule has 5 nitrogen and oxygen atoms in total. The highest BCUT2D eigenvalue weighted by molar-refractivity contribution is 7.88. The Hall–Kier alpha value is -0.820. The molecule has 1 heterocycles. The summed E-state index contributed by atoms with van der Waals surface area (Å²) >= 11 is 12.3. The second kappa shape index (κ2) is 9.12. The second-order valence-electron chi connectivity index (χ2n) is 7.50. The van der Waals surface area contributed by atoms with Gasteiger partial charge < -0.3 is 5.32 Å². The largest absolute Gasteiger partial charge is 0.353 e. The van der Waals surface area contributed by atoms with Crippen LogP contribution in [0.15, 0.2) is 18.2 Å². The first kappa shape index (κ1) is 20.9. The van der Waals surface area contributed by atoms with Crippen LogP contribution in [0.5, 0.6) is 0 Å². The molecule has 27 heavy (non-hydrogen) atoms. The number of benzene rings is 1. The number of piperidine rings is 1. The number of hydrogen-bond donors (Lipinski definition) is 1. The second-order valence-corrected chi connectivity index (χ2v) is 10.3. The highest BCUT2D eigenvalue weighted by Crippen LogP contribution is 2.29. The van der Waals surface area contributed by atoms with Gasteiger partial charge in [-0.2, -0.15) is 0 Å². The minimum Gasteiger partial charge on any atom is -0.353 e. The van der Waals surface area contributed by atoms with E-state index in [9.17, 15) is 13.2 Å². The molecule has 2 fully saturated rings. The number of sulfonamides is 1. The van der Waals surface area contributed by atoms with E-state index >= 15 is 0 Å². The zero-order valence-electron chi connectivity index (χ0n) is 15.3. The summed E-state index contributed by atoms with van der Waals surface area (Å²) in [6.45, 7) is 0.653. The molecule has 150 valence electrons. The van der Waals surface area contributed by atoms with Gasteiger partial charge in [0.15, 0.2) is 0 Å². The molecule has 1 aliphatic carbocycles. The first-order valence-electron chi connectivity index (χ1n) is 9.58. The van der Waals surface area contributed by atoms with Crippen molar-refractivity contribution in [3.05, 3.63) is 33.8 Å². The summed E-state index contributed by atoms with van der Waals surface area (Å²) in [5.74, 6) is -0.558. The summed E-state index contributed by atoms with van der Waals surface area (Å²) in [7, 11) is -3.60. The molecule has 8 heteroatoms. The first-order valence-corrected chi connectivity index (χ1v) is 11.9. The Balaban J connectivity index is 1.64. The molecule has 0 bridgehead atoms. The van der Waals surface area contributed by atoms with Gasteiger partial charge >= 0.3 is 0 Å². The van der Waals surface area contributed by atoms with E-state index in [2.05, 4.69) is 5.32 Å². The highest BCUT2D eigenvalue weighted by atomic mass is 35.5. The molecule has 1 aromatic rings. The van der Waals surface area contributed by atoms with Crippen molar-refractivity contribution in [2.24, 2.45) is 5.92 Å². The SMILES string of the molecule is O=C(NC1CCCCC1)C1CCCN(S(=O)(=O)Cc2c(Cl)cccc2Cl)C1. The minimum absolute atomic E-state index is 0.0161. The standard InChI is InChI=1S/C19H26Cl2N2O3S/c20-17-9-4-10-18(21)16(17)13-27(25,26)23-11-5-6-14(12-23)19(24)22-15-7-2-1-3-8-15/h4,9-10,14-15H,1-3,5-8,11-13H2,(H,22,24). The average molecular weight is 433 g/mol. The summed E-state index contributed by atoms with van der Waals surface area (Å²) in [4.78, 5) is 12.6. The van der Waals surface area contributed by atoms with E-state index < -0.39 is 10.0 Å². The Labute approximate surface area is 171 Å². The number of carbonyl (C=O) groups is 1. The van der Waals surface area contributed by atoms with Gasteiger partial charge in [0.2, 0.25) is 15.9 Å². The van der Waals surface area contributed by atoms with Gasteiger partial charge in [-0.25, -0.2) is 12.7 Å². The topological polar surface area (TPSA) is 66.5 Å². The summed E-state index contributed by atoms with van der Waals surface area (Å²) < 4.78 is 27.2. The monoisotopic (exact) mass is 432 g/mol. The van der Waals surface area contributed by atoms with Crippen LogP contribution in [0.3, 0.4) is 0 Å². The lowest BCUT2D eigenvalue weighted by Gasteiger charge is -2.33. The Morgan fingerprint density at radius 3 is 2.41 bits per heavy atom. The maximum absolute atomic E-state index is 12.9. The molecule has 1 amide bonds. The van der Waals surface area contributed by atoms with Crippen molar-refractivity contribution in [1.82, 2.24) is 9.62 Å². The maximum Gasteiger partial charge on any atom is 0.224 e. The zero-order chi connectivity index (χ0) is 19.4. The van der Waals surface area contributed by atoms with E-state index in [1.54, 1.807) is 18.2 Å². The van der Waals surface area contributed by atoms with Crippen molar-refractivity contribution < 1.29 is 13.2 Å². The molecule has 1 atom stereocenters. The van der Waals surface area contributed by atoms with Crippen LogP contribution in [-0.4, -0.2) is 37.8 Å². The van der Waals surface area contributed by atoms with Crippen molar-refractivity contribution in [2.75, 3.05) is 13.1 Å². The number of nitrogens with one attached hydrogen (secondary N) is 1. The third-order valence-electron chi connectivity index (χ3n) is 5.49. The average Bonchev–Trinajstić information content (AvgIpc) is 2.66. The predicted octanol–water partition coefficient (Wildman–Crippen LogP) is 3.98. The summed E-state index contributed by atoms with van der Waals surface area (Å²) in [6, 6.07) is 5.19. The van der Waals surface area contributed by atoms with Crippen molar-refractivity contribution in [1.29, 1.82) is 0 Å². The van der Waals surface area contributed by atoms with Gasteiger partial charge in [0.05, 0.1) is 11.7 Å². The lowest BCUT2D eigenvalue weighted by molar-refractivity contribution is -0.127. The van der Waals surface area contributed by atoms with E-state index in [-0.39, 0.29) is 30.2 Å². The van der Waals surface area contributed by atoms with Crippen molar-refractivity contribution >= 4 is 39.1 Å². The lowest BCUT2D eigenvalue weighted by Crippen LogP contribution is -2.48. The predicted molar refractivity (Wildman–Crippen MR) is 108 cm³/mol. The summed E-state index contributed by atoms with van der Waals surface area (Å²) in [6.07, 6.45) is 6.96. The minimum atomic E-state index is -3.60. The fraction of sp³-hybridized carbons (Fsp3) is 0.632. The molecule has 1 aliphatic heterocycles. The molecule has 1 N–H and O–H groups in total. The van der Waals surface area contributed by atoms with Crippen LogP contribution in [0.25, 0.3) is 0 Å². The van der Waals surface area contributed by atoms with Gasteiger partial charge in [0.25, 0.3) is 0 Å². The molecule has 1 aromatic carbocycles. The third-order valence-corrected chi connectivity index (χ3v) is 7.97. The molecule has 1 saturated carbocycles. The fourth-order valence-corrected chi connectivity index (χ4v) is 6.28. The summed E-state index contributed by atoms with van der Waals surface area (Å²) in [5.41, 5.74) is 0.412. The number of nitrogens with zero attached hydrogens (tertiary/aromatic N) is 1. The summed E-state index contributed by atoms with van der Waals surface area (Å²) in [5, 5.41) is 3.81. The molecule has 0 aromatic heterocycles. The van der Waals surface area contributed by atoms with Gasteiger partial charge in [-0.05, 0) is 37.8 Å². The number of rotatable bonds is 5. The Kier molecular flexibility index (Phi) is 7.06. The Morgan fingerprint density at radius 1 is 1.07 bits per heavy atom. The van der Waals surface area contributed by atoms with Crippen LogP contribution >= 0.6 is 23.2 Å². The Morgan fingerprint density at radius 2 is 1.74 bits per heavy atom. The van der Waals surface area contributed by atoms with Gasteiger partial charge in [0.1, 0.15) is 0 Å². The molecule has 1 saturated heterocycles. The van der Waals surface area contributed by atoms with E-state index in [1.165, 1.54) is 10.7 Å². The van der Waals surface area contributed by atoms with Crippen LogP contribution in [0.2, 0.25) is 10.0 Å². The maximum atomic E-state index is 12.9. The van der Waals surface area contributed by atoms with Gasteiger partial charge in [-0.1, -0.05) is 48.5 Å². The molecular formula is C19H26Cl2N2O3S. The first-order chi connectivity index (χ1) is 12.9. The third kappa shape index (κ3) is 5.37. The van der Waals surface area contributed by atoms with E-state index in [0.29, 0.717) is 28.6 Å². The normalized spacial score (nSPS) is 22.5. The molecule has 1 unspecified atom stereocenters.